The summed E-state index contributed by atoms with van der Waals surface area (Å²) in [6.45, 7) is 1.56. The van der Waals surface area contributed by atoms with Gasteiger partial charge in [-0.3, -0.25) is 9.78 Å². The molecule has 1 aliphatic heterocycles. The van der Waals surface area contributed by atoms with Crippen molar-refractivity contribution >= 4 is 32.5 Å². The maximum absolute atomic E-state index is 13.7. The van der Waals surface area contributed by atoms with E-state index in [1.807, 2.05) is 18.2 Å². The van der Waals surface area contributed by atoms with Crippen molar-refractivity contribution in [2.75, 3.05) is 13.2 Å². The van der Waals surface area contributed by atoms with Gasteiger partial charge in [-0.25, -0.2) is 9.36 Å². The SMILES string of the molecule is Cn1cc(C2CCOCC2)c2cc(-n3c(=O)[nH]c4sc5c(c4c3=O)CCCCC5)ccc21. The van der Waals surface area contributed by atoms with Crippen molar-refractivity contribution in [2.45, 2.75) is 50.9 Å². The standard InChI is InChI=1S/C25H27N3O3S/c1-27-14-19(15-9-11-31-12-10-15)18-13-16(7-8-20(18)27)28-24(29)22-17-5-3-2-4-6-21(17)32-23(22)26-25(28)30/h7-8,13-15H,2-6,9-12H2,1H3,(H,26,30). The number of nitrogens with one attached hydrogen (secondary N) is 1. The van der Waals surface area contributed by atoms with Gasteiger partial charge < -0.3 is 9.30 Å². The summed E-state index contributed by atoms with van der Waals surface area (Å²) in [4.78, 5) is 31.7. The molecule has 32 heavy (non-hydrogen) atoms. The second-order valence-corrected chi connectivity index (χ2v) is 10.2. The zero-order chi connectivity index (χ0) is 21.8. The average molecular weight is 450 g/mol. The number of H-pyrrole nitrogens is 1. The highest BCUT2D eigenvalue weighted by Crippen LogP contribution is 2.35. The van der Waals surface area contributed by atoms with Crippen LogP contribution in [0.5, 0.6) is 0 Å². The van der Waals surface area contributed by atoms with Crippen molar-refractivity contribution in [3.05, 3.63) is 61.2 Å². The lowest BCUT2D eigenvalue weighted by molar-refractivity contribution is 0.0856. The molecule has 6 nitrogen and oxygen atoms in total. The summed E-state index contributed by atoms with van der Waals surface area (Å²) in [6.07, 6.45) is 9.55. The Morgan fingerprint density at radius 3 is 2.75 bits per heavy atom. The molecule has 166 valence electrons. The lowest BCUT2D eigenvalue weighted by atomic mass is 9.91. The van der Waals surface area contributed by atoms with E-state index >= 15 is 0 Å². The van der Waals surface area contributed by atoms with Gasteiger partial charge in [-0.15, -0.1) is 11.3 Å². The summed E-state index contributed by atoms with van der Waals surface area (Å²) >= 11 is 1.59. The molecule has 0 unspecified atom stereocenters. The van der Waals surface area contributed by atoms with Gasteiger partial charge in [0.15, 0.2) is 0 Å². The lowest BCUT2D eigenvalue weighted by Gasteiger charge is -2.21. The molecule has 1 aromatic carbocycles. The first kappa shape index (κ1) is 20.0. The molecule has 1 fully saturated rings. The fourth-order valence-corrected chi connectivity index (χ4v) is 6.80. The molecule has 2 aliphatic rings. The van der Waals surface area contributed by atoms with E-state index in [-0.39, 0.29) is 11.2 Å². The van der Waals surface area contributed by atoms with Gasteiger partial charge in [0.1, 0.15) is 4.83 Å². The molecule has 4 heterocycles. The van der Waals surface area contributed by atoms with Crippen molar-refractivity contribution < 1.29 is 4.74 Å². The molecule has 1 N–H and O–H groups in total. The van der Waals surface area contributed by atoms with Crippen LogP contribution in [0.3, 0.4) is 0 Å². The molecule has 3 aromatic heterocycles. The normalized spacial score (nSPS) is 17.7. The minimum absolute atomic E-state index is 0.189. The predicted octanol–water partition coefficient (Wildman–Crippen LogP) is 4.40. The van der Waals surface area contributed by atoms with Crippen molar-refractivity contribution in [3.8, 4) is 5.69 Å². The summed E-state index contributed by atoms with van der Waals surface area (Å²) in [6, 6.07) is 5.94. The third-order valence-corrected chi connectivity index (χ3v) is 8.39. The minimum Gasteiger partial charge on any atom is -0.381 e. The molecule has 0 bridgehead atoms. The Bertz CT molecular complexity index is 1450. The summed E-state index contributed by atoms with van der Waals surface area (Å²) in [5.74, 6) is 0.438. The van der Waals surface area contributed by atoms with E-state index in [2.05, 4.69) is 22.8 Å². The van der Waals surface area contributed by atoms with Crippen LogP contribution in [0.1, 0.15) is 54.0 Å². The van der Waals surface area contributed by atoms with E-state index in [0.29, 0.717) is 17.0 Å². The Balaban J connectivity index is 1.55. The fraction of sp³-hybridized carbons (Fsp3) is 0.440. The number of aromatic amines is 1. The number of ether oxygens (including phenoxy) is 1. The molecular weight excluding hydrogens is 422 g/mol. The Labute approximate surface area is 189 Å². The smallest absolute Gasteiger partial charge is 0.334 e. The van der Waals surface area contributed by atoms with Crippen LogP contribution in [0.25, 0.3) is 26.8 Å². The van der Waals surface area contributed by atoms with Crippen molar-refractivity contribution in [1.82, 2.24) is 14.1 Å². The van der Waals surface area contributed by atoms with E-state index < -0.39 is 0 Å². The first-order chi connectivity index (χ1) is 15.6. The molecule has 0 atom stereocenters. The van der Waals surface area contributed by atoms with E-state index in [0.717, 1.165) is 73.0 Å². The van der Waals surface area contributed by atoms with E-state index in [4.69, 9.17) is 4.74 Å². The maximum Gasteiger partial charge on any atom is 0.334 e. The third-order valence-electron chi connectivity index (χ3n) is 7.19. The molecule has 7 heteroatoms. The van der Waals surface area contributed by atoms with Gasteiger partial charge in [0, 0.05) is 42.2 Å². The number of fused-ring (bicyclic) bond motifs is 4. The Kier molecular flexibility index (Phi) is 4.84. The molecule has 0 spiro atoms. The molecular formula is C25H27N3O3S. The van der Waals surface area contributed by atoms with E-state index in [1.54, 1.807) is 11.3 Å². The van der Waals surface area contributed by atoms with Crippen LogP contribution >= 0.6 is 11.3 Å². The van der Waals surface area contributed by atoms with Crippen molar-refractivity contribution in [2.24, 2.45) is 7.05 Å². The highest BCUT2D eigenvalue weighted by atomic mass is 32.1. The third kappa shape index (κ3) is 3.10. The Morgan fingerprint density at radius 1 is 1.09 bits per heavy atom. The van der Waals surface area contributed by atoms with E-state index in [9.17, 15) is 9.59 Å². The molecule has 1 aliphatic carbocycles. The van der Waals surface area contributed by atoms with Gasteiger partial charge in [0.25, 0.3) is 5.56 Å². The number of hydrogen-bond acceptors (Lipinski definition) is 4. The second kappa shape index (κ2) is 7.74. The topological polar surface area (TPSA) is 69.0 Å². The van der Waals surface area contributed by atoms with Gasteiger partial charge in [0.05, 0.1) is 11.1 Å². The number of aryl methyl sites for hydroxylation is 3. The first-order valence-corrected chi connectivity index (χ1v) is 12.4. The van der Waals surface area contributed by atoms with Crippen LogP contribution in [0.15, 0.2) is 34.0 Å². The zero-order valence-corrected chi connectivity index (χ0v) is 19.1. The zero-order valence-electron chi connectivity index (χ0n) is 18.3. The number of nitrogens with zero attached hydrogens (tertiary/aromatic N) is 2. The average Bonchev–Trinajstić information content (AvgIpc) is 3.21. The monoisotopic (exact) mass is 449 g/mol. The van der Waals surface area contributed by atoms with Gasteiger partial charge in [-0.05, 0) is 73.8 Å². The molecule has 0 saturated carbocycles. The summed E-state index contributed by atoms with van der Waals surface area (Å²) < 4.78 is 9.03. The quantitative estimate of drug-likeness (QED) is 0.461. The van der Waals surface area contributed by atoms with Gasteiger partial charge in [-0.1, -0.05) is 6.42 Å². The largest absolute Gasteiger partial charge is 0.381 e. The summed E-state index contributed by atoms with van der Waals surface area (Å²) in [5.41, 5.74) is 3.64. The number of hydrogen-bond donors (Lipinski definition) is 1. The van der Waals surface area contributed by atoms with Crippen LogP contribution in [-0.4, -0.2) is 27.3 Å². The van der Waals surface area contributed by atoms with Crippen LogP contribution in [-0.2, 0) is 24.6 Å². The summed E-state index contributed by atoms with van der Waals surface area (Å²) in [7, 11) is 2.05. The number of benzene rings is 1. The number of thiophene rings is 1. The van der Waals surface area contributed by atoms with Crippen LogP contribution in [0, 0.1) is 0 Å². The van der Waals surface area contributed by atoms with Crippen LogP contribution in [0.4, 0.5) is 0 Å². The van der Waals surface area contributed by atoms with Crippen molar-refractivity contribution in [1.29, 1.82) is 0 Å². The van der Waals surface area contributed by atoms with E-state index in [1.165, 1.54) is 21.4 Å². The Morgan fingerprint density at radius 2 is 1.91 bits per heavy atom. The van der Waals surface area contributed by atoms with Gasteiger partial charge in [-0.2, -0.15) is 0 Å². The number of rotatable bonds is 2. The molecule has 6 rings (SSSR count). The maximum atomic E-state index is 13.7. The predicted molar refractivity (Wildman–Crippen MR) is 129 cm³/mol. The lowest BCUT2D eigenvalue weighted by Crippen LogP contribution is -2.33. The molecule has 4 aromatic rings. The highest BCUT2D eigenvalue weighted by molar-refractivity contribution is 7.18. The summed E-state index contributed by atoms with van der Waals surface area (Å²) in [5, 5.41) is 1.83. The highest BCUT2D eigenvalue weighted by Gasteiger charge is 2.23. The second-order valence-electron chi connectivity index (χ2n) is 9.12. The van der Waals surface area contributed by atoms with Crippen molar-refractivity contribution in [3.63, 3.8) is 0 Å². The first-order valence-electron chi connectivity index (χ1n) is 11.6. The molecule has 0 radical (unpaired) electrons. The van der Waals surface area contributed by atoms with Gasteiger partial charge >= 0.3 is 5.69 Å². The van der Waals surface area contributed by atoms with Crippen LogP contribution in [0.2, 0.25) is 0 Å². The number of aromatic nitrogens is 3. The molecule has 1 saturated heterocycles. The Hall–Kier alpha value is -2.64. The van der Waals surface area contributed by atoms with Gasteiger partial charge in [0.2, 0.25) is 0 Å². The van der Waals surface area contributed by atoms with Crippen LogP contribution < -0.4 is 11.2 Å². The molecule has 0 amide bonds. The minimum atomic E-state index is -0.359. The fourth-order valence-electron chi connectivity index (χ4n) is 5.53.